The molecule has 1 aromatic carbocycles. The Kier molecular flexibility index (Phi) is 5.67. The number of nitrogens with two attached hydrogens (primary N) is 1. The summed E-state index contributed by atoms with van der Waals surface area (Å²) in [6.45, 7) is 8.48. The van der Waals surface area contributed by atoms with Crippen LogP contribution in [0, 0.1) is 5.41 Å². The highest BCUT2D eigenvalue weighted by molar-refractivity contribution is 7.89. The van der Waals surface area contributed by atoms with E-state index in [9.17, 15) is 13.2 Å². The van der Waals surface area contributed by atoms with Crippen molar-refractivity contribution >= 4 is 15.9 Å². The number of sulfonamides is 1. The van der Waals surface area contributed by atoms with E-state index >= 15 is 0 Å². The molecule has 1 heterocycles. The van der Waals surface area contributed by atoms with Crippen LogP contribution in [0.2, 0.25) is 0 Å². The quantitative estimate of drug-likeness (QED) is 0.840. The second-order valence-corrected chi connectivity index (χ2v) is 8.54. The van der Waals surface area contributed by atoms with Gasteiger partial charge in [0.05, 0.1) is 4.90 Å². The molecule has 0 radical (unpaired) electrons. The van der Waals surface area contributed by atoms with Crippen LogP contribution in [-0.4, -0.2) is 56.3 Å². The monoisotopic (exact) mass is 353 g/mol. The first-order valence-corrected chi connectivity index (χ1v) is 9.81. The number of carbonyl (C=O) groups excluding carboxylic acids is 1. The van der Waals surface area contributed by atoms with Gasteiger partial charge in [0, 0.05) is 31.7 Å². The molecule has 1 aliphatic heterocycles. The fourth-order valence-corrected chi connectivity index (χ4v) is 4.55. The lowest BCUT2D eigenvalue weighted by atomic mass is 9.90. The van der Waals surface area contributed by atoms with E-state index in [0.29, 0.717) is 38.3 Å². The maximum atomic E-state index is 12.8. The van der Waals surface area contributed by atoms with Gasteiger partial charge >= 0.3 is 0 Å². The summed E-state index contributed by atoms with van der Waals surface area (Å²) in [4.78, 5) is 14.2. The van der Waals surface area contributed by atoms with Crippen LogP contribution in [0.4, 0.5) is 0 Å². The molecule has 24 heavy (non-hydrogen) atoms. The van der Waals surface area contributed by atoms with E-state index in [4.69, 9.17) is 5.73 Å². The van der Waals surface area contributed by atoms with Crippen LogP contribution in [0.5, 0.6) is 0 Å². The van der Waals surface area contributed by atoms with Gasteiger partial charge in [0.25, 0.3) is 5.91 Å². The third-order valence-electron chi connectivity index (χ3n) is 4.81. The van der Waals surface area contributed by atoms with E-state index in [-0.39, 0.29) is 16.2 Å². The lowest BCUT2D eigenvalue weighted by molar-refractivity contribution is 0.0773. The maximum Gasteiger partial charge on any atom is 0.253 e. The Morgan fingerprint density at radius 2 is 1.83 bits per heavy atom. The van der Waals surface area contributed by atoms with Crippen LogP contribution in [0.3, 0.4) is 0 Å². The average Bonchev–Trinajstić information content (AvgIpc) is 3.00. The van der Waals surface area contributed by atoms with E-state index < -0.39 is 10.0 Å². The molecule has 1 unspecified atom stereocenters. The Hall–Kier alpha value is -1.44. The molecule has 6 nitrogen and oxygen atoms in total. The van der Waals surface area contributed by atoms with Crippen molar-refractivity contribution in [1.82, 2.24) is 9.21 Å². The summed E-state index contributed by atoms with van der Waals surface area (Å²) in [6.07, 6.45) is 0.765. The molecule has 1 amide bonds. The van der Waals surface area contributed by atoms with Crippen molar-refractivity contribution in [1.29, 1.82) is 0 Å². The molecule has 0 bridgehead atoms. The van der Waals surface area contributed by atoms with Gasteiger partial charge in [0.2, 0.25) is 10.0 Å². The largest absolute Gasteiger partial charge is 0.339 e. The zero-order valence-electron chi connectivity index (χ0n) is 14.7. The molecule has 0 aromatic heterocycles. The molecule has 134 valence electrons. The molecule has 0 aliphatic carbocycles. The van der Waals surface area contributed by atoms with Crippen molar-refractivity contribution in [3.8, 4) is 0 Å². The number of rotatable bonds is 6. The van der Waals surface area contributed by atoms with Gasteiger partial charge < -0.3 is 10.6 Å². The van der Waals surface area contributed by atoms with Gasteiger partial charge in [0.1, 0.15) is 0 Å². The predicted octanol–water partition coefficient (Wildman–Crippen LogP) is 1.53. The van der Waals surface area contributed by atoms with Gasteiger partial charge in [-0.3, -0.25) is 4.79 Å². The van der Waals surface area contributed by atoms with Gasteiger partial charge in [-0.15, -0.1) is 0 Å². The first-order chi connectivity index (χ1) is 11.3. The Balaban J connectivity index is 2.20. The minimum Gasteiger partial charge on any atom is -0.339 e. The molecular weight excluding hydrogens is 326 g/mol. The Morgan fingerprint density at radius 1 is 1.25 bits per heavy atom. The maximum absolute atomic E-state index is 12.8. The molecule has 1 atom stereocenters. The third-order valence-corrected chi connectivity index (χ3v) is 6.66. The van der Waals surface area contributed by atoms with Crippen LogP contribution < -0.4 is 5.73 Å². The summed E-state index contributed by atoms with van der Waals surface area (Å²) in [5.74, 6) is -0.0826. The van der Waals surface area contributed by atoms with E-state index in [1.165, 1.54) is 16.4 Å². The second-order valence-electron chi connectivity index (χ2n) is 6.61. The average molecular weight is 353 g/mol. The lowest BCUT2D eigenvalue weighted by Crippen LogP contribution is -2.34. The Morgan fingerprint density at radius 3 is 2.29 bits per heavy atom. The smallest absolute Gasteiger partial charge is 0.253 e. The lowest BCUT2D eigenvalue weighted by Gasteiger charge is -2.22. The molecule has 1 saturated heterocycles. The highest BCUT2D eigenvalue weighted by Crippen LogP contribution is 2.32. The molecule has 1 aliphatic rings. The summed E-state index contributed by atoms with van der Waals surface area (Å²) in [5.41, 5.74) is 6.10. The molecule has 1 fully saturated rings. The van der Waals surface area contributed by atoms with Crippen molar-refractivity contribution in [2.75, 3.05) is 32.7 Å². The minimum atomic E-state index is -3.54. The second kappa shape index (κ2) is 7.21. The van der Waals surface area contributed by atoms with E-state index in [1.807, 2.05) is 20.8 Å². The van der Waals surface area contributed by atoms with Crippen LogP contribution in [0.1, 0.15) is 37.6 Å². The Labute approximate surface area is 144 Å². The van der Waals surface area contributed by atoms with E-state index in [2.05, 4.69) is 0 Å². The van der Waals surface area contributed by atoms with Crippen LogP contribution in [0.15, 0.2) is 29.2 Å². The van der Waals surface area contributed by atoms with Crippen molar-refractivity contribution < 1.29 is 13.2 Å². The summed E-state index contributed by atoms with van der Waals surface area (Å²) in [5, 5.41) is 0. The Bertz CT molecular complexity index is 684. The van der Waals surface area contributed by atoms with Gasteiger partial charge in [-0.1, -0.05) is 6.92 Å². The first-order valence-electron chi connectivity index (χ1n) is 8.37. The molecule has 7 heteroatoms. The number of hydrogen-bond acceptors (Lipinski definition) is 4. The summed E-state index contributed by atoms with van der Waals surface area (Å²) < 4.78 is 27.0. The zero-order chi connectivity index (χ0) is 18.0. The fourth-order valence-electron chi connectivity index (χ4n) is 2.96. The van der Waals surface area contributed by atoms with E-state index in [1.54, 1.807) is 17.0 Å². The summed E-state index contributed by atoms with van der Waals surface area (Å²) in [6, 6.07) is 6.21. The van der Waals surface area contributed by atoms with Crippen molar-refractivity contribution in [3.05, 3.63) is 29.8 Å². The third kappa shape index (κ3) is 3.63. The summed E-state index contributed by atoms with van der Waals surface area (Å²) in [7, 11) is -3.54. The van der Waals surface area contributed by atoms with Gasteiger partial charge in [-0.25, -0.2) is 8.42 Å². The summed E-state index contributed by atoms with van der Waals surface area (Å²) >= 11 is 0. The number of carbonyl (C=O) groups is 1. The minimum absolute atomic E-state index is 0.0826. The van der Waals surface area contributed by atoms with Gasteiger partial charge in [-0.2, -0.15) is 4.31 Å². The zero-order valence-corrected chi connectivity index (χ0v) is 15.5. The van der Waals surface area contributed by atoms with Crippen molar-refractivity contribution in [2.24, 2.45) is 11.1 Å². The van der Waals surface area contributed by atoms with Crippen LogP contribution in [0.25, 0.3) is 0 Å². The number of amides is 1. The van der Waals surface area contributed by atoms with E-state index in [0.717, 1.165) is 6.42 Å². The molecular formula is C17H27N3O3S. The number of hydrogen-bond donors (Lipinski definition) is 1. The fraction of sp³-hybridized carbons (Fsp3) is 0.588. The normalized spacial score (nSPS) is 21.8. The van der Waals surface area contributed by atoms with Crippen LogP contribution >= 0.6 is 0 Å². The number of nitrogens with zero attached hydrogens (tertiary/aromatic N) is 2. The molecule has 1 aromatic rings. The van der Waals surface area contributed by atoms with Gasteiger partial charge in [-0.05, 0) is 56.5 Å². The molecule has 2 rings (SSSR count). The number of benzene rings is 1. The SMILES string of the molecule is CCN(CC)C(=O)c1ccc(S(=O)(=O)N2CCC(C)(CN)C2)cc1. The molecule has 0 spiro atoms. The predicted molar refractivity (Wildman–Crippen MR) is 94.2 cm³/mol. The van der Waals surface area contributed by atoms with Crippen molar-refractivity contribution in [3.63, 3.8) is 0 Å². The first kappa shape index (κ1) is 18.9. The van der Waals surface area contributed by atoms with Gasteiger partial charge in [0.15, 0.2) is 0 Å². The molecule has 2 N–H and O–H groups in total. The highest BCUT2D eigenvalue weighted by atomic mass is 32.2. The standard InChI is InChI=1S/C17H27N3O3S/c1-4-19(5-2)16(21)14-6-8-15(9-7-14)24(22,23)20-11-10-17(3,12-18)13-20/h6-9H,4-5,10-13,18H2,1-3H3. The highest BCUT2D eigenvalue weighted by Gasteiger charge is 2.38. The van der Waals surface area contributed by atoms with Crippen LogP contribution in [-0.2, 0) is 10.0 Å². The topological polar surface area (TPSA) is 83.7 Å². The molecule has 0 saturated carbocycles. The van der Waals surface area contributed by atoms with Crippen molar-refractivity contribution in [2.45, 2.75) is 32.1 Å².